The first-order valence-electron chi connectivity index (χ1n) is 6.27. The molecule has 1 aromatic rings. The molecule has 114 valence electrons. The third-order valence-electron chi connectivity index (χ3n) is 3.60. The maximum Gasteiger partial charge on any atom is 0.319 e. The Bertz CT molecular complexity index is 565. The van der Waals surface area contributed by atoms with Crippen molar-refractivity contribution in [2.45, 2.75) is 19.3 Å². The van der Waals surface area contributed by atoms with Crippen LogP contribution in [-0.4, -0.2) is 23.7 Å². The van der Waals surface area contributed by atoms with Gasteiger partial charge in [0, 0.05) is 11.6 Å². The summed E-state index contributed by atoms with van der Waals surface area (Å²) >= 11 is 17.7. The van der Waals surface area contributed by atoms with Gasteiger partial charge in [-0.1, -0.05) is 41.2 Å². The third kappa shape index (κ3) is 3.54. The number of nitrogens with one attached hydrogen (secondary N) is 2. The standard InChI is InChI=1S/C13H13Cl3N2O3/c14-7-4-8(15)10(9(16)5-7)18-12(21)17-6-13(11(19)20)2-1-3-13/h4-5H,1-3,6H2,(H,19,20)(H2,17,18,21). The number of aliphatic carboxylic acids is 1. The summed E-state index contributed by atoms with van der Waals surface area (Å²) in [5.41, 5.74) is -0.622. The summed E-state index contributed by atoms with van der Waals surface area (Å²) < 4.78 is 0. The number of carboxylic acids is 1. The summed E-state index contributed by atoms with van der Waals surface area (Å²) in [6, 6.07) is 2.35. The average Bonchev–Trinajstić information content (AvgIpc) is 2.31. The predicted octanol–water partition coefficient (Wildman–Crippen LogP) is 4.02. The summed E-state index contributed by atoms with van der Waals surface area (Å²) in [5, 5.41) is 15.0. The highest BCUT2D eigenvalue weighted by Crippen LogP contribution is 2.40. The van der Waals surface area contributed by atoms with Gasteiger partial charge in [0.2, 0.25) is 0 Å². The van der Waals surface area contributed by atoms with E-state index in [1.165, 1.54) is 12.1 Å². The Morgan fingerprint density at radius 3 is 2.19 bits per heavy atom. The lowest BCUT2D eigenvalue weighted by molar-refractivity contribution is -0.153. The van der Waals surface area contributed by atoms with E-state index in [1.807, 2.05) is 0 Å². The van der Waals surface area contributed by atoms with E-state index in [2.05, 4.69) is 10.6 Å². The largest absolute Gasteiger partial charge is 0.481 e. The van der Waals surface area contributed by atoms with Crippen molar-refractivity contribution in [3.63, 3.8) is 0 Å². The smallest absolute Gasteiger partial charge is 0.319 e. The van der Waals surface area contributed by atoms with E-state index in [4.69, 9.17) is 34.8 Å². The van der Waals surface area contributed by atoms with Crippen molar-refractivity contribution in [1.82, 2.24) is 5.32 Å². The number of urea groups is 1. The van der Waals surface area contributed by atoms with Gasteiger partial charge in [-0.15, -0.1) is 0 Å². The molecule has 0 bridgehead atoms. The van der Waals surface area contributed by atoms with Crippen LogP contribution < -0.4 is 10.6 Å². The van der Waals surface area contributed by atoms with Crippen molar-refractivity contribution in [2.75, 3.05) is 11.9 Å². The van der Waals surface area contributed by atoms with Crippen molar-refractivity contribution in [1.29, 1.82) is 0 Å². The fourth-order valence-electron chi connectivity index (χ4n) is 2.14. The van der Waals surface area contributed by atoms with Gasteiger partial charge in [-0.3, -0.25) is 4.79 Å². The van der Waals surface area contributed by atoms with Gasteiger partial charge < -0.3 is 15.7 Å². The van der Waals surface area contributed by atoms with Crippen LogP contribution in [0.5, 0.6) is 0 Å². The fraction of sp³-hybridized carbons (Fsp3) is 0.385. The molecule has 1 aliphatic carbocycles. The Labute approximate surface area is 136 Å². The van der Waals surface area contributed by atoms with Gasteiger partial charge in [0.15, 0.2) is 0 Å². The van der Waals surface area contributed by atoms with Gasteiger partial charge in [0.05, 0.1) is 21.1 Å². The summed E-state index contributed by atoms with van der Waals surface area (Å²) in [7, 11) is 0. The van der Waals surface area contributed by atoms with Gasteiger partial charge in [0.25, 0.3) is 0 Å². The van der Waals surface area contributed by atoms with Crippen LogP contribution in [0, 0.1) is 5.41 Å². The first kappa shape index (κ1) is 16.2. The molecule has 0 spiro atoms. The topological polar surface area (TPSA) is 78.4 Å². The summed E-state index contributed by atoms with van der Waals surface area (Å²) in [4.78, 5) is 23.0. The molecule has 21 heavy (non-hydrogen) atoms. The van der Waals surface area contributed by atoms with Crippen LogP contribution in [0.1, 0.15) is 19.3 Å². The van der Waals surface area contributed by atoms with E-state index in [0.29, 0.717) is 17.9 Å². The van der Waals surface area contributed by atoms with Crippen molar-refractivity contribution in [3.8, 4) is 0 Å². The third-order valence-corrected chi connectivity index (χ3v) is 4.41. The van der Waals surface area contributed by atoms with E-state index in [0.717, 1.165) is 6.42 Å². The molecule has 0 atom stereocenters. The number of carbonyl (C=O) groups excluding carboxylic acids is 1. The van der Waals surface area contributed by atoms with E-state index in [9.17, 15) is 14.7 Å². The quantitative estimate of drug-likeness (QED) is 0.766. The molecule has 2 rings (SSSR count). The first-order valence-corrected chi connectivity index (χ1v) is 7.40. The Kier molecular flexibility index (Phi) is 4.86. The minimum Gasteiger partial charge on any atom is -0.481 e. The second kappa shape index (κ2) is 6.30. The van der Waals surface area contributed by atoms with Crippen LogP contribution in [0.3, 0.4) is 0 Å². The van der Waals surface area contributed by atoms with E-state index < -0.39 is 17.4 Å². The zero-order valence-electron chi connectivity index (χ0n) is 10.9. The highest BCUT2D eigenvalue weighted by atomic mass is 35.5. The average molecular weight is 352 g/mol. The molecule has 1 aromatic carbocycles. The minimum absolute atomic E-state index is 0.0665. The van der Waals surface area contributed by atoms with Gasteiger partial charge in [0.1, 0.15) is 0 Å². The molecule has 0 saturated heterocycles. The molecule has 0 aromatic heterocycles. The summed E-state index contributed by atoms with van der Waals surface area (Å²) in [6.07, 6.45) is 1.97. The highest BCUT2D eigenvalue weighted by molar-refractivity contribution is 6.42. The molecule has 1 saturated carbocycles. The van der Waals surface area contributed by atoms with Gasteiger partial charge in [-0.25, -0.2) is 4.79 Å². The molecule has 3 N–H and O–H groups in total. The van der Waals surface area contributed by atoms with Gasteiger partial charge in [-0.05, 0) is 25.0 Å². The van der Waals surface area contributed by atoms with E-state index in [-0.39, 0.29) is 22.3 Å². The second-order valence-corrected chi connectivity index (χ2v) is 6.24. The zero-order chi connectivity index (χ0) is 15.6. The lowest BCUT2D eigenvalue weighted by Gasteiger charge is -2.37. The number of benzene rings is 1. The normalized spacial score (nSPS) is 16.0. The fourth-order valence-corrected chi connectivity index (χ4v) is 3.05. The maximum absolute atomic E-state index is 11.8. The SMILES string of the molecule is O=C(NCC1(C(=O)O)CCC1)Nc1c(Cl)cc(Cl)cc1Cl. The molecular formula is C13H13Cl3N2O3. The molecule has 0 heterocycles. The van der Waals surface area contributed by atoms with Crippen molar-refractivity contribution >= 4 is 52.5 Å². The number of halogens is 3. The number of amides is 2. The lowest BCUT2D eigenvalue weighted by Crippen LogP contribution is -2.48. The number of carbonyl (C=O) groups is 2. The van der Waals surface area contributed by atoms with Crippen molar-refractivity contribution in [3.05, 3.63) is 27.2 Å². The number of hydrogen-bond donors (Lipinski definition) is 3. The molecule has 0 aliphatic heterocycles. The molecule has 5 nitrogen and oxygen atoms in total. The zero-order valence-corrected chi connectivity index (χ0v) is 13.1. The first-order chi connectivity index (χ1) is 9.84. The van der Waals surface area contributed by atoms with Crippen molar-refractivity contribution < 1.29 is 14.7 Å². The minimum atomic E-state index is -0.892. The molecule has 2 amide bonds. The monoisotopic (exact) mass is 350 g/mol. The maximum atomic E-state index is 11.8. The van der Waals surface area contributed by atoms with Crippen LogP contribution >= 0.6 is 34.8 Å². The Morgan fingerprint density at radius 2 is 1.76 bits per heavy atom. The van der Waals surface area contributed by atoms with Crippen LogP contribution in [0.2, 0.25) is 15.1 Å². The Hall–Kier alpha value is -1.17. The molecule has 0 unspecified atom stereocenters. The second-order valence-electron chi connectivity index (χ2n) is 4.99. The van der Waals surface area contributed by atoms with Crippen LogP contribution in [0.25, 0.3) is 0 Å². The van der Waals surface area contributed by atoms with E-state index >= 15 is 0 Å². The molecule has 1 aliphatic rings. The van der Waals surface area contributed by atoms with Gasteiger partial charge >= 0.3 is 12.0 Å². The molecular weight excluding hydrogens is 339 g/mol. The predicted molar refractivity (Wildman–Crippen MR) is 82.4 cm³/mol. The van der Waals surface area contributed by atoms with Crippen molar-refractivity contribution in [2.24, 2.45) is 5.41 Å². The lowest BCUT2D eigenvalue weighted by atomic mass is 9.69. The summed E-state index contributed by atoms with van der Waals surface area (Å²) in [6.45, 7) is 0.0665. The number of anilines is 1. The van der Waals surface area contributed by atoms with Gasteiger partial charge in [-0.2, -0.15) is 0 Å². The summed E-state index contributed by atoms with van der Waals surface area (Å²) in [5.74, 6) is -0.892. The Morgan fingerprint density at radius 1 is 1.19 bits per heavy atom. The van der Waals surface area contributed by atoms with Crippen LogP contribution in [-0.2, 0) is 4.79 Å². The highest BCUT2D eigenvalue weighted by Gasteiger charge is 2.44. The Balaban J connectivity index is 1.98. The molecule has 8 heteroatoms. The number of hydrogen-bond acceptors (Lipinski definition) is 2. The number of rotatable bonds is 4. The van der Waals surface area contributed by atoms with E-state index in [1.54, 1.807) is 0 Å². The molecule has 1 fully saturated rings. The number of carboxylic acid groups (broad SMARTS) is 1. The van der Waals surface area contributed by atoms with Crippen LogP contribution in [0.15, 0.2) is 12.1 Å². The molecule has 0 radical (unpaired) electrons. The van der Waals surface area contributed by atoms with Crippen LogP contribution in [0.4, 0.5) is 10.5 Å².